The molecule has 0 radical (unpaired) electrons. The summed E-state index contributed by atoms with van der Waals surface area (Å²) in [4.78, 5) is 12.3. The van der Waals surface area contributed by atoms with Crippen LogP contribution in [0.4, 0.5) is 0 Å². The number of ether oxygens (including phenoxy) is 1. The first-order valence-corrected chi connectivity index (χ1v) is 11.8. The molecule has 1 atom stereocenters. The van der Waals surface area contributed by atoms with Crippen molar-refractivity contribution < 1.29 is 9.53 Å². The van der Waals surface area contributed by atoms with Gasteiger partial charge in [-0.05, 0) is 18.5 Å². The van der Waals surface area contributed by atoms with Gasteiger partial charge in [0.05, 0.1) is 17.8 Å². The molecular formula is C17H27N3O2Si. The van der Waals surface area contributed by atoms with E-state index in [1.165, 1.54) is 0 Å². The summed E-state index contributed by atoms with van der Waals surface area (Å²) in [6.07, 6.45) is 0.571. The summed E-state index contributed by atoms with van der Waals surface area (Å²) in [5, 5.41) is 8.26. The second kappa shape index (κ2) is 6.84. The summed E-state index contributed by atoms with van der Waals surface area (Å²) in [5.41, 5.74) is 6.51. The van der Waals surface area contributed by atoms with Gasteiger partial charge < -0.3 is 10.5 Å². The summed E-state index contributed by atoms with van der Waals surface area (Å²) in [6.45, 7) is 9.83. The molecule has 2 rings (SSSR count). The Balaban J connectivity index is 2.27. The van der Waals surface area contributed by atoms with Gasteiger partial charge in [0, 0.05) is 20.1 Å². The third-order valence-electron chi connectivity index (χ3n) is 4.36. The minimum Gasteiger partial charge on any atom is -0.380 e. The standard InChI is InChI=1S/C17H27N3O2Si/c1-5-17(16(18)21,12-22-10-11-23(2,3)4)15-13-8-6-7-9-14(13)19-20-15/h6-9H,5,10-12H2,1-4H3,(H2,18,21)(H,19,20). The number of aromatic nitrogens is 2. The predicted molar refractivity (Wildman–Crippen MR) is 96.2 cm³/mol. The quantitative estimate of drug-likeness (QED) is 0.575. The molecule has 2 aromatic rings. The molecule has 0 saturated carbocycles. The van der Waals surface area contributed by atoms with Gasteiger partial charge in [0.15, 0.2) is 0 Å². The maximum Gasteiger partial charge on any atom is 0.232 e. The van der Waals surface area contributed by atoms with E-state index >= 15 is 0 Å². The summed E-state index contributed by atoms with van der Waals surface area (Å²) in [5.74, 6) is -0.373. The highest BCUT2D eigenvalue weighted by Crippen LogP contribution is 2.32. The topological polar surface area (TPSA) is 81.0 Å². The summed E-state index contributed by atoms with van der Waals surface area (Å²) >= 11 is 0. The first kappa shape index (κ1) is 17.7. The first-order valence-electron chi connectivity index (χ1n) is 8.11. The zero-order valence-corrected chi connectivity index (χ0v) is 15.5. The van der Waals surface area contributed by atoms with Gasteiger partial charge in [0.25, 0.3) is 0 Å². The van der Waals surface area contributed by atoms with Crippen molar-refractivity contribution >= 4 is 24.9 Å². The van der Waals surface area contributed by atoms with Crippen LogP contribution in [-0.2, 0) is 14.9 Å². The van der Waals surface area contributed by atoms with Crippen molar-refractivity contribution in [2.75, 3.05) is 13.2 Å². The Morgan fingerprint density at radius 3 is 2.65 bits per heavy atom. The molecular weight excluding hydrogens is 306 g/mol. The van der Waals surface area contributed by atoms with Crippen molar-refractivity contribution in [3.8, 4) is 0 Å². The molecule has 1 amide bonds. The van der Waals surface area contributed by atoms with E-state index < -0.39 is 13.5 Å². The van der Waals surface area contributed by atoms with Gasteiger partial charge in [-0.15, -0.1) is 0 Å². The fourth-order valence-electron chi connectivity index (χ4n) is 2.67. The second-order valence-corrected chi connectivity index (χ2v) is 12.9. The Labute approximate surface area is 138 Å². The molecule has 1 heterocycles. The number of amides is 1. The lowest BCUT2D eigenvalue weighted by Gasteiger charge is -2.29. The van der Waals surface area contributed by atoms with Crippen molar-refractivity contribution in [2.24, 2.45) is 5.73 Å². The number of nitrogens with one attached hydrogen (secondary N) is 1. The third kappa shape index (κ3) is 3.82. The number of hydrogen-bond acceptors (Lipinski definition) is 3. The summed E-state index contributed by atoms with van der Waals surface area (Å²) < 4.78 is 5.89. The van der Waals surface area contributed by atoms with E-state index in [9.17, 15) is 4.79 Å². The van der Waals surface area contributed by atoms with E-state index in [4.69, 9.17) is 10.5 Å². The Hall–Kier alpha value is -1.66. The molecule has 0 fully saturated rings. The average Bonchev–Trinajstić information content (AvgIpc) is 2.91. The molecule has 0 aliphatic carbocycles. The van der Waals surface area contributed by atoms with E-state index in [2.05, 4.69) is 29.8 Å². The highest BCUT2D eigenvalue weighted by Gasteiger charge is 2.40. The van der Waals surface area contributed by atoms with Crippen LogP contribution in [-0.4, -0.2) is 37.4 Å². The number of primary amides is 1. The number of para-hydroxylation sites is 1. The monoisotopic (exact) mass is 333 g/mol. The number of fused-ring (bicyclic) bond motifs is 1. The minimum absolute atomic E-state index is 0.287. The van der Waals surface area contributed by atoms with Crippen molar-refractivity contribution in [2.45, 2.75) is 44.4 Å². The molecule has 5 nitrogen and oxygen atoms in total. The highest BCUT2D eigenvalue weighted by molar-refractivity contribution is 6.76. The minimum atomic E-state index is -1.16. The van der Waals surface area contributed by atoms with Crippen LogP contribution in [0.25, 0.3) is 10.9 Å². The third-order valence-corrected chi connectivity index (χ3v) is 6.06. The van der Waals surface area contributed by atoms with Crippen LogP contribution in [0.3, 0.4) is 0 Å². The predicted octanol–water partition coefficient (Wildman–Crippen LogP) is 3.05. The lowest BCUT2D eigenvalue weighted by Crippen LogP contribution is -2.45. The number of rotatable bonds is 8. The largest absolute Gasteiger partial charge is 0.380 e. The average molecular weight is 334 g/mol. The van der Waals surface area contributed by atoms with Crippen molar-refractivity contribution in [3.05, 3.63) is 30.0 Å². The number of carbonyl (C=O) groups is 1. The fourth-order valence-corrected chi connectivity index (χ4v) is 3.42. The van der Waals surface area contributed by atoms with Gasteiger partial charge >= 0.3 is 0 Å². The van der Waals surface area contributed by atoms with E-state index in [-0.39, 0.29) is 12.5 Å². The Kier molecular flexibility index (Phi) is 5.26. The van der Waals surface area contributed by atoms with Crippen LogP contribution in [0.15, 0.2) is 24.3 Å². The molecule has 6 heteroatoms. The Bertz CT molecular complexity index is 678. The van der Waals surface area contributed by atoms with E-state index in [0.29, 0.717) is 13.0 Å². The normalized spacial score (nSPS) is 14.8. The Morgan fingerprint density at radius 2 is 2.04 bits per heavy atom. The van der Waals surface area contributed by atoms with Gasteiger partial charge in [-0.2, -0.15) is 5.10 Å². The van der Waals surface area contributed by atoms with Crippen LogP contribution < -0.4 is 5.73 Å². The van der Waals surface area contributed by atoms with Gasteiger partial charge in [-0.25, -0.2) is 0 Å². The lowest BCUT2D eigenvalue weighted by molar-refractivity contribution is -0.126. The molecule has 0 aliphatic rings. The van der Waals surface area contributed by atoms with Gasteiger partial charge in [0.1, 0.15) is 5.41 Å². The first-order chi connectivity index (χ1) is 10.8. The maximum absolute atomic E-state index is 12.3. The fraction of sp³-hybridized carbons (Fsp3) is 0.529. The van der Waals surface area contributed by atoms with Crippen molar-refractivity contribution in [1.29, 1.82) is 0 Å². The number of nitrogens with zero attached hydrogens (tertiary/aromatic N) is 1. The summed E-state index contributed by atoms with van der Waals surface area (Å²) in [6, 6.07) is 8.81. The highest BCUT2D eigenvalue weighted by atomic mass is 28.3. The smallest absolute Gasteiger partial charge is 0.232 e. The Morgan fingerprint density at radius 1 is 1.35 bits per heavy atom. The van der Waals surface area contributed by atoms with Crippen LogP contribution in [0.1, 0.15) is 19.0 Å². The molecule has 0 spiro atoms. The zero-order valence-electron chi connectivity index (χ0n) is 14.5. The van der Waals surface area contributed by atoms with Crippen LogP contribution >= 0.6 is 0 Å². The molecule has 1 aromatic heterocycles. The van der Waals surface area contributed by atoms with Crippen LogP contribution in [0.5, 0.6) is 0 Å². The molecule has 126 valence electrons. The number of nitrogens with two attached hydrogens (primary N) is 1. The van der Waals surface area contributed by atoms with E-state index in [1.807, 2.05) is 31.2 Å². The van der Waals surface area contributed by atoms with Crippen LogP contribution in [0.2, 0.25) is 25.7 Å². The van der Waals surface area contributed by atoms with E-state index in [1.54, 1.807) is 0 Å². The molecule has 1 aromatic carbocycles. The second-order valence-electron chi connectivity index (χ2n) is 7.28. The lowest BCUT2D eigenvalue weighted by atomic mass is 9.80. The van der Waals surface area contributed by atoms with Gasteiger partial charge in [0.2, 0.25) is 5.91 Å². The molecule has 23 heavy (non-hydrogen) atoms. The number of carbonyl (C=O) groups excluding carboxylic acids is 1. The van der Waals surface area contributed by atoms with Crippen LogP contribution in [0, 0.1) is 0 Å². The number of hydrogen-bond donors (Lipinski definition) is 2. The zero-order chi connectivity index (χ0) is 17.1. The molecule has 1 unspecified atom stereocenters. The molecule has 0 aliphatic heterocycles. The number of benzene rings is 1. The van der Waals surface area contributed by atoms with Crippen molar-refractivity contribution in [3.63, 3.8) is 0 Å². The van der Waals surface area contributed by atoms with Gasteiger partial charge in [-0.3, -0.25) is 9.89 Å². The number of H-pyrrole nitrogens is 1. The van der Waals surface area contributed by atoms with Crippen molar-refractivity contribution in [1.82, 2.24) is 10.2 Å². The maximum atomic E-state index is 12.3. The van der Waals surface area contributed by atoms with Gasteiger partial charge in [-0.1, -0.05) is 44.8 Å². The molecule has 0 bridgehead atoms. The molecule has 0 saturated heterocycles. The molecule has 3 N–H and O–H groups in total. The summed E-state index contributed by atoms with van der Waals surface area (Å²) in [7, 11) is -1.16. The SMILES string of the molecule is CCC(COCC[Si](C)(C)C)(C(N)=O)c1[nH]nc2ccccc12. The number of aromatic amines is 1. The van der Waals surface area contributed by atoms with E-state index in [0.717, 1.165) is 22.6 Å².